The van der Waals surface area contributed by atoms with E-state index >= 15 is 0 Å². The molecule has 0 amide bonds. The molecule has 0 atom stereocenters. The molecule has 1 aliphatic rings. The highest BCUT2D eigenvalue weighted by molar-refractivity contribution is 6.29. The minimum atomic E-state index is -0.291. The predicted octanol–water partition coefficient (Wildman–Crippen LogP) is 3.54. The zero-order valence-electron chi connectivity index (χ0n) is 13.3. The molecule has 1 aliphatic carbocycles. The quantitative estimate of drug-likeness (QED) is 0.539. The number of carbonyl (C=O) groups excluding carboxylic acids is 2. The summed E-state index contributed by atoms with van der Waals surface area (Å²) in [5, 5.41) is 0. The van der Waals surface area contributed by atoms with Gasteiger partial charge in [-0.3, -0.25) is 14.6 Å². The van der Waals surface area contributed by atoms with Crippen LogP contribution in [0.25, 0.3) is 11.1 Å². The fourth-order valence-corrected chi connectivity index (χ4v) is 3.16. The molecule has 4 heteroatoms. The number of pyridine rings is 2. The first-order chi connectivity index (χ1) is 11.6. The van der Waals surface area contributed by atoms with Gasteiger partial charge in [0.25, 0.3) is 0 Å². The summed E-state index contributed by atoms with van der Waals surface area (Å²) in [5.74, 6) is -0.484. The van der Waals surface area contributed by atoms with Crippen LogP contribution in [0, 0.1) is 13.8 Å². The second-order valence-electron chi connectivity index (χ2n) is 5.84. The smallest absolute Gasteiger partial charge is 0.231 e. The fraction of sp³-hybridized carbons (Fsp3) is 0.100. The van der Waals surface area contributed by atoms with Gasteiger partial charge >= 0.3 is 0 Å². The lowest BCUT2D eigenvalue weighted by atomic mass is 9.83. The van der Waals surface area contributed by atoms with E-state index in [0.717, 1.165) is 22.4 Å². The van der Waals surface area contributed by atoms with E-state index in [0.29, 0.717) is 11.1 Å². The molecule has 2 aromatic heterocycles. The van der Waals surface area contributed by atoms with Crippen molar-refractivity contribution in [1.29, 1.82) is 0 Å². The monoisotopic (exact) mass is 314 g/mol. The summed E-state index contributed by atoms with van der Waals surface area (Å²) < 4.78 is 0. The summed E-state index contributed by atoms with van der Waals surface area (Å²) in [6.07, 6.45) is 1.52. The van der Waals surface area contributed by atoms with Crippen LogP contribution in [0.1, 0.15) is 43.4 Å². The van der Waals surface area contributed by atoms with Gasteiger partial charge in [-0.25, -0.2) is 4.98 Å². The van der Waals surface area contributed by atoms with E-state index in [9.17, 15) is 9.59 Å². The van der Waals surface area contributed by atoms with E-state index in [-0.39, 0.29) is 23.0 Å². The summed E-state index contributed by atoms with van der Waals surface area (Å²) in [4.78, 5) is 34.4. The minimum absolute atomic E-state index is 0.185. The molecule has 0 fully saturated rings. The van der Waals surface area contributed by atoms with Crippen LogP contribution in [0.2, 0.25) is 0 Å². The molecule has 2 heterocycles. The molecular formula is C20H14N2O2. The van der Waals surface area contributed by atoms with Gasteiger partial charge in [0.05, 0.1) is 11.1 Å². The number of benzene rings is 1. The van der Waals surface area contributed by atoms with E-state index in [1.54, 1.807) is 12.1 Å². The van der Waals surface area contributed by atoms with Gasteiger partial charge in [0.1, 0.15) is 11.4 Å². The summed E-state index contributed by atoms with van der Waals surface area (Å²) in [7, 11) is 0. The number of hydrogen-bond donors (Lipinski definition) is 0. The molecule has 0 radical (unpaired) electrons. The molecule has 0 bridgehead atoms. The van der Waals surface area contributed by atoms with Crippen LogP contribution >= 0.6 is 0 Å². The van der Waals surface area contributed by atoms with Gasteiger partial charge < -0.3 is 0 Å². The molecule has 3 aromatic rings. The van der Waals surface area contributed by atoms with Crippen molar-refractivity contribution in [3.05, 3.63) is 82.4 Å². The summed E-state index contributed by atoms with van der Waals surface area (Å²) in [6, 6.07) is 13.0. The van der Waals surface area contributed by atoms with E-state index in [2.05, 4.69) is 9.97 Å². The van der Waals surface area contributed by atoms with Crippen LogP contribution in [-0.4, -0.2) is 21.5 Å². The maximum atomic E-state index is 13.1. The zero-order valence-corrected chi connectivity index (χ0v) is 13.3. The molecular weight excluding hydrogens is 300 g/mol. The lowest BCUT2D eigenvalue weighted by Gasteiger charge is -2.21. The average Bonchev–Trinajstić information content (AvgIpc) is 2.62. The number of rotatable bonds is 1. The van der Waals surface area contributed by atoms with Gasteiger partial charge in [-0.05, 0) is 42.7 Å². The summed E-state index contributed by atoms with van der Waals surface area (Å²) in [5.41, 5.74) is 4.46. The Morgan fingerprint density at radius 1 is 0.792 bits per heavy atom. The Balaban J connectivity index is 2.10. The fourth-order valence-electron chi connectivity index (χ4n) is 3.16. The predicted molar refractivity (Wildman–Crippen MR) is 90.2 cm³/mol. The largest absolute Gasteiger partial charge is 0.288 e. The Bertz CT molecular complexity index is 1010. The molecule has 4 nitrogen and oxygen atoms in total. The van der Waals surface area contributed by atoms with Crippen molar-refractivity contribution < 1.29 is 9.59 Å². The van der Waals surface area contributed by atoms with Gasteiger partial charge in [0.2, 0.25) is 5.78 Å². The average molecular weight is 314 g/mol. The van der Waals surface area contributed by atoms with Gasteiger partial charge in [0, 0.05) is 11.9 Å². The first-order valence-electron chi connectivity index (χ1n) is 7.70. The molecule has 1 aromatic carbocycles. The molecule has 0 spiro atoms. The molecule has 24 heavy (non-hydrogen) atoms. The highest BCUT2D eigenvalue weighted by Gasteiger charge is 2.35. The third-order valence-corrected chi connectivity index (χ3v) is 4.46. The van der Waals surface area contributed by atoms with E-state index in [4.69, 9.17) is 0 Å². The van der Waals surface area contributed by atoms with Crippen LogP contribution < -0.4 is 0 Å². The third-order valence-electron chi connectivity index (χ3n) is 4.46. The summed E-state index contributed by atoms with van der Waals surface area (Å²) in [6.45, 7) is 3.79. The van der Waals surface area contributed by atoms with Crippen molar-refractivity contribution in [2.24, 2.45) is 0 Å². The number of aromatic nitrogens is 2. The Morgan fingerprint density at radius 3 is 2.29 bits per heavy atom. The number of hydrogen-bond acceptors (Lipinski definition) is 4. The number of fused-ring (bicyclic) bond motifs is 2. The van der Waals surface area contributed by atoms with Crippen LogP contribution in [0.5, 0.6) is 0 Å². The van der Waals surface area contributed by atoms with E-state index in [1.165, 1.54) is 6.20 Å². The Morgan fingerprint density at radius 2 is 1.54 bits per heavy atom. The topological polar surface area (TPSA) is 59.9 Å². The second-order valence-corrected chi connectivity index (χ2v) is 5.84. The van der Waals surface area contributed by atoms with Crippen LogP contribution in [0.15, 0.2) is 48.7 Å². The lowest BCUT2D eigenvalue weighted by Crippen LogP contribution is -2.25. The maximum Gasteiger partial charge on any atom is 0.231 e. The Kier molecular flexibility index (Phi) is 3.13. The highest BCUT2D eigenvalue weighted by atomic mass is 16.1. The third kappa shape index (κ3) is 1.93. The molecule has 0 N–H and O–H groups in total. The van der Waals surface area contributed by atoms with Crippen LogP contribution in [0.3, 0.4) is 0 Å². The van der Waals surface area contributed by atoms with Gasteiger partial charge in [-0.1, -0.05) is 30.3 Å². The first-order valence-corrected chi connectivity index (χ1v) is 7.70. The van der Waals surface area contributed by atoms with Crippen molar-refractivity contribution in [1.82, 2.24) is 9.97 Å². The molecule has 0 unspecified atom stereocenters. The number of aryl methyl sites for hydroxylation is 1. The normalized spacial score (nSPS) is 12.8. The molecule has 0 aliphatic heterocycles. The maximum absolute atomic E-state index is 13.1. The van der Waals surface area contributed by atoms with Gasteiger partial charge in [-0.2, -0.15) is 0 Å². The van der Waals surface area contributed by atoms with Gasteiger partial charge in [-0.15, -0.1) is 0 Å². The molecule has 4 rings (SSSR count). The SMILES string of the molecule is Cc1nc2c(c(-c3ccccc3)c1C)C(=O)c1cccnc1C2=O. The van der Waals surface area contributed by atoms with Crippen molar-refractivity contribution in [2.45, 2.75) is 13.8 Å². The van der Waals surface area contributed by atoms with E-state index < -0.39 is 0 Å². The Labute approximate surface area is 139 Å². The number of nitrogens with zero attached hydrogens (tertiary/aromatic N) is 2. The minimum Gasteiger partial charge on any atom is -0.288 e. The Hall–Kier alpha value is -3.14. The zero-order chi connectivity index (χ0) is 16.8. The molecule has 116 valence electrons. The second kappa shape index (κ2) is 5.20. The van der Waals surface area contributed by atoms with E-state index in [1.807, 2.05) is 44.2 Å². The standard InChI is InChI=1S/C20H14N2O2/c1-11-12(2)22-18-16(15(11)13-7-4-3-5-8-13)19(23)14-9-6-10-21-17(14)20(18)24/h3-10H,1-2H3. The van der Waals surface area contributed by atoms with Gasteiger partial charge in [0.15, 0.2) is 5.78 Å². The van der Waals surface area contributed by atoms with Crippen molar-refractivity contribution >= 4 is 11.6 Å². The number of carbonyl (C=O) groups is 2. The first kappa shape index (κ1) is 14.5. The lowest BCUT2D eigenvalue weighted by molar-refractivity contribution is 0.0971. The van der Waals surface area contributed by atoms with Crippen LogP contribution in [0.4, 0.5) is 0 Å². The van der Waals surface area contributed by atoms with Crippen molar-refractivity contribution in [3.8, 4) is 11.1 Å². The van der Waals surface area contributed by atoms with Crippen molar-refractivity contribution in [2.75, 3.05) is 0 Å². The molecule has 0 saturated carbocycles. The van der Waals surface area contributed by atoms with Crippen LogP contribution in [-0.2, 0) is 0 Å². The molecule has 0 saturated heterocycles. The number of ketones is 2. The van der Waals surface area contributed by atoms with Crippen molar-refractivity contribution in [3.63, 3.8) is 0 Å². The summed E-state index contributed by atoms with van der Waals surface area (Å²) >= 11 is 0. The highest BCUT2D eigenvalue weighted by Crippen LogP contribution is 2.36.